The van der Waals surface area contributed by atoms with Crippen molar-refractivity contribution in [2.45, 2.75) is 89.9 Å². The molecule has 0 aliphatic heterocycles. The Hall–Kier alpha value is -2.62. The van der Waals surface area contributed by atoms with Gasteiger partial charge >= 0.3 is 11.9 Å². The average molecular weight is 437 g/mol. The number of carbonyl (C=O) groups is 2. The van der Waals surface area contributed by atoms with E-state index in [1.165, 1.54) is 23.3 Å². The van der Waals surface area contributed by atoms with Crippen LogP contribution in [0, 0.1) is 0 Å². The Bertz CT molecular complexity index is 969. The van der Waals surface area contributed by atoms with E-state index < -0.39 is 5.97 Å². The molecule has 0 fully saturated rings. The number of hydrogen-bond acceptors (Lipinski definition) is 3. The van der Waals surface area contributed by atoms with E-state index in [0.717, 1.165) is 44.1 Å². The van der Waals surface area contributed by atoms with Gasteiger partial charge in [0.05, 0.1) is 11.5 Å². The molecule has 0 bridgehead atoms. The number of hydrogen-bond donors (Lipinski definition) is 1. The van der Waals surface area contributed by atoms with Crippen LogP contribution in [-0.4, -0.2) is 17.0 Å². The van der Waals surface area contributed by atoms with Crippen molar-refractivity contribution in [2.24, 2.45) is 0 Å². The Morgan fingerprint density at radius 3 is 2.16 bits per heavy atom. The van der Waals surface area contributed by atoms with Crippen molar-refractivity contribution >= 4 is 11.9 Å². The fourth-order valence-electron chi connectivity index (χ4n) is 4.69. The number of rotatable bonds is 8. The van der Waals surface area contributed by atoms with Gasteiger partial charge in [-0.2, -0.15) is 0 Å². The highest BCUT2D eigenvalue weighted by molar-refractivity contribution is 5.88. The molecule has 0 saturated carbocycles. The minimum absolute atomic E-state index is 0.0748. The lowest BCUT2D eigenvalue weighted by molar-refractivity contribution is -0.136. The molecular weight excluding hydrogens is 400 g/mol. The molecule has 172 valence electrons. The van der Waals surface area contributed by atoms with Gasteiger partial charge in [-0.15, -0.1) is 0 Å². The minimum atomic E-state index is -1.00. The summed E-state index contributed by atoms with van der Waals surface area (Å²) in [6.07, 6.45) is 6.13. The van der Waals surface area contributed by atoms with Crippen LogP contribution in [0.1, 0.15) is 106 Å². The Morgan fingerprint density at radius 1 is 0.938 bits per heavy atom. The van der Waals surface area contributed by atoms with E-state index >= 15 is 0 Å². The van der Waals surface area contributed by atoms with Gasteiger partial charge in [-0.05, 0) is 71.0 Å². The molecule has 1 unspecified atom stereocenters. The minimum Gasteiger partial charge on any atom is -0.478 e. The quantitative estimate of drug-likeness (QED) is 0.275. The van der Waals surface area contributed by atoms with E-state index in [1.807, 2.05) is 0 Å². The fraction of sp³-hybridized carbons (Fsp3) is 0.500. The maximum absolute atomic E-state index is 13.2. The van der Waals surface area contributed by atoms with Gasteiger partial charge in [0, 0.05) is 0 Å². The van der Waals surface area contributed by atoms with Crippen LogP contribution in [0.3, 0.4) is 0 Å². The van der Waals surface area contributed by atoms with Gasteiger partial charge in [0.15, 0.2) is 0 Å². The monoisotopic (exact) mass is 436 g/mol. The van der Waals surface area contributed by atoms with Crippen LogP contribution in [-0.2, 0) is 15.6 Å². The van der Waals surface area contributed by atoms with Crippen molar-refractivity contribution in [3.63, 3.8) is 0 Å². The number of carbonyl (C=O) groups excluding carboxylic acids is 1. The van der Waals surface area contributed by atoms with Crippen molar-refractivity contribution < 1.29 is 19.4 Å². The summed E-state index contributed by atoms with van der Waals surface area (Å²) < 4.78 is 5.70. The van der Waals surface area contributed by atoms with Gasteiger partial charge < -0.3 is 9.84 Å². The number of esters is 1. The number of unbranched alkanes of at least 4 members (excludes halogenated alkanes) is 2. The first-order chi connectivity index (χ1) is 15.0. The van der Waals surface area contributed by atoms with Gasteiger partial charge in [-0.25, -0.2) is 4.79 Å². The highest BCUT2D eigenvalue weighted by Crippen LogP contribution is 2.46. The summed E-state index contributed by atoms with van der Waals surface area (Å²) in [5.74, 6) is -1.25. The molecule has 0 spiro atoms. The van der Waals surface area contributed by atoms with Crippen molar-refractivity contribution in [3.05, 3.63) is 64.7 Å². The molecule has 0 heterocycles. The number of fused-ring (bicyclic) bond motifs is 1. The second kappa shape index (κ2) is 9.48. The van der Waals surface area contributed by atoms with Crippen LogP contribution < -0.4 is 4.74 Å². The SMILES string of the molecule is CCCCCC(C(=O)Oc1ccc(C(=O)O)cc1)c1ccc2c(c1)C(C)(C)CCC2(C)C. The average Bonchev–Trinajstić information content (AvgIpc) is 2.75. The standard InChI is InChI=1S/C28H36O4/c1-6-7-8-9-22(26(31)32-21-13-10-19(11-14-21)25(29)30)20-12-15-23-24(18-20)28(4,5)17-16-27(23,2)3/h10-15,18,22H,6-9,16-17H2,1-5H3,(H,29,30). The van der Waals surface area contributed by atoms with E-state index in [-0.39, 0.29) is 28.3 Å². The molecule has 1 aliphatic carbocycles. The Morgan fingerprint density at radius 2 is 1.56 bits per heavy atom. The van der Waals surface area contributed by atoms with Gasteiger partial charge in [0.2, 0.25) is 0 Å². The molecule has 1 N–H and O–H groups in total. The lowest BCUT2D eigenvalue weighted by Gasteiger charge is -2.42. The van der Waals surface area contributed by atoms with Crippen LogP contribution in [0.2, 0.25) is 0 Å². The second-order valence-corrected chi connectivity index (χ2v) is 10.4. The molecular formula is C28H36O4. The number of ether oxygens (including phenoxy) is 1. The predicted octanol–water partition coefficient (Wildman–Crippen LogP) is 7.00. The largest absolute Gasteiger partial charge is 0.478 e. The molecule has 4 heteroatoms. The number of benzene rings is 2. The normalized spacial score (nSPS) is 17.3. The maximum Gasteiger partial charge on any atom is 0.335 e. The van der Waals surface area contributed by atoms with Gasteiger partial charge in [-0.1, -0.05) is 72.1 Å². The van der Waals surface area contributed by atoms with Gasteiger partial charge in [0.25, 0.3) is 0 Å². The lowest BCUT2D eigenvalue weighted by atomic mass is 9.62. The molecule has 3 rings (SSSR count). The van der Waals surface area contributed by atoms with E-state index in [1.54, 1.807) is 12.1 Å². The summed E-state index contributed by atoms with van der Waals surface area (Å²) >= 11 is 0. The van der Waals surface area contributed by atoms with Gasteiger partial charge in [-0.3, -0.25) is 4.79 Å². The molecule has 1 aliphatic rings. The molecule has 0 amide bonds. The number of carboxylic acid groups (broad SMARTS) is 1. The Balaban J connectivity index is 1.91. The third-order valence-electron chi connectivity index (χ3n) is 6.98. The first-order valence-electron chi connectivity index (χ1n) is 11.7. The van der Waals surface area contributed by atoms with Crippen LogP contribution in [0.25, 0.3) is 0 Å². The van der Waals surface area contributed by atoms with E-state index in [4.69, 9.17) is 9.84 Å². The van der Waals surface area contributed by atoms with Crippen LogP contribution in [0.15, 0.2) is 42.5 Å². The Labute approximate surface area is 192 Å². The highest BCUT2D eigenvalue weighted by Gasteiger charge is 2.37. The molecule has 0 radical (unpaired) electrons. The Kier molecular flexibility index (Phi) is 7.12. The highest BCUT2D eigenvalue weighted by atomic mass is 16.5. The summed E-state index contributed by atoms with van der Waals surface area (Å²) in [4.78, 5) is 24.3. The van der Waals surface area contributed by atoms with E-state index in [2.05, 4.69) is 52.8 Å². The van der Waals surface area contributed by atoms with Crippen molar-refractivity contribution in [2.75, 3.05) is 0 Å². The van der Waals surface area contributed by atoms with Crippen LogP contribution in [0.5, 0.6) is 5.75 Å². The van der Waals surface area contributed by atoms with Crippen molar-refractivity contribution in [1.82, 2.24) is 0 Å². The zero-order valence-corrected chi connectivity index (χ0v) is 20.0. The molecule has 0 aromatic heterocycles. The molecule has 2 aromatic carbocycles. The summed E-state index contributed by atoms with van der Waals surface area (Å²) in [7, 11) is 0. The molecule has 0 saturated heterocycles. The first kappa shape index (κ1) is 24.0. The second-order valence-electron chi connectivity index (χ2n) is 10.4. The topological polar surface area (TPSA) is 63.6 Å². The smallest absolute Gasteiger partial charge is 0.335 e. The molecule has 32 heavy (non-hydrogen) atoms. The maximum atomic E-state index is 13.2. The van der Waals surface area contributed by atoms with Crippen LogP contribution in [0.4, 0.5) is 0 Å². The summed E-state index contributed by atoms with van der Waals surface area (Å²) in [6, 6.07) is 12.6. The summed E-state index contributed by atoms with van der Waals surface area (Å²) in [5.41, 5.74) is 4.10. The third kappa shape index (κ3) is 5.23. The summed E-state index contributed by atoms with van der Waals surface area (Å²) in [6.45, 7) is 11.3. The van der Waals surface area contributed by atoms with Crippen LogP contribution >= 0.6 is 0 Å². The fourth-order valence-corrected chi connectivity index (χ4v) is 4.69. The predicted molar refractivity (Wildman–Crippen MR) is 128 cm³/mol. The number of carboxylic acids is 1. The van der Waals surface area contributed by atoms with Gasteiger partial charge in [0.1, 0.15) is 5.75 Å². The summed E-state index contributed by atoms with van der Waals surface area (Å²) in [5, 5.41) is 9.08. The van der Waals surface area contributed by atoms with E-state index in [0.29, 0.717) is 5.75 Å². The molecule has 1 atom stereocenters. The first-order valence-corrected chi connectivity index (χ1v) is 11.7. The third-order valence-corrected chi connectivity index (χ3v) is 6.98. The lowest BCUT2D eigenvalue weighted by Crippen LogP contribution is -2.34. The number of aromatic carboxylic acids is 1. The zero-order chi connectivity index (χ0) is 23.5. The van der Waals surface area contributed by atoms with E-state index in [9.17, 15) is 9.59 Å². The molecule has 2 aromatic rings. The zero-order valence-electron chi connectivity index (χ0n) is 20.0. The molecule has 4 nitrogen and oxygen atoms in total. The van der Waals surface area contributed by atoms with Crippen molar-refractivity contribution in [3.8, 4) is 5.75 Å². The van der Waals surface area contributed by atoms with Crippen molar-refractivity contribution in [1.29, 1.82) is 0 Å².